The van der Waals surface area contributed by atoms with E-state index < -0.39 is 0 Å². The van der Waals surface area contributed by atoms with Gasteiger partial charge in [0.05, 0.1) is 0 Å². The van der Waals surface area contributed by atoms with Gasteiger partial charge in [-0.05, 0) is 36.4 Å². The van der Waals surface area contributed by atoms with Gasteiger partial charge in [-0.2, -0.15) is 0 Å². The van der Waals surface area contributed by atoms with Crippen LogP contribution in [0.25, 0.3) is 0 Å². The number of rotatable bonds is 7. The molecule has 4 heteroatoms. The molecule has 0 radical (unpaired) electrons. The molecule has 2 rings (SSSR count). The molecule has 0 saturated heterocycles. The van der Waals surface area contributed by atoms with Crippen LogP contribution in [-0.2, 0) is 0 Å². The second-order valence-corrected chi connectivity index (χ2v) is 7.35. The summed E-state index contributed by atoms with van der Waals surface area (Å²) in [5.41, 5.74) is 1.86. The number of hydrogen-bond acceptors (Lipinski definition) is 3. The number of carbonyl (C=O) groups excluding carboxylic acids is 1. The first kappa shape index (κ1) is 17.4. The molecule has 0 saturated carbocycles. The van der Waals surface area contributed by atoms with Gasteiger partial charge >= 0.3 is 0 Å². The van der Waals surface area contributed by atoms with Crippen LogP contribution in [0.2, 0.25) is 0 Å². The monoisotopic (exact) mass is 328 g/mol. The topological polar surface area (TPSA) is 32.3 Å². The van der Waals surface area contributed by atoms with E-state index in [1.807, 2.05) is 49.5 Å². The third-order valence-electron chi connectivity index (χ3n) is 3.42. The van der Waals surface area contributed by atoms with Crippen LogP contribution in [0.5, 0.6) is 0 Å². The molecular formula is C19H24N2OS. The maximum absolute atomic E-state index is 12.2. The second-order valence-electron chi connectivity index (χ2n) is 5.70. The lowest BCUT2D eigenvalue weighted by atomic mass is 10.2. The van der Waals surface area contributed by atoms with Crippen molar-refractivity contribution in [1.82, 2.24) is 5.32 Å². The van der Waals surface area contributed by atoms with Crippen molar-refractivity contribution in [2.24, 2.45) is 0 Å². The zero-order chi connectivity index (χ0) is 16.7. The van der Waals surface area contributed by atoms with Crippen molar-refractivity contribution in [3.8, 4) is 0 Å². The molecule has 0 aliphatic heterocycles. The number of thioether (sulfide) groups is 1. The van der Waals surface area contributed by atoms with E-state index in [0.717, 1.165) is 12.2 Å². The molecule has 0 aliphatic rings. The molecule has 0 aliphatic carbocycles. The Balaban J connectivity index is 1.80. The Morgan fingerprint density at radius 2 is 1.74 bits per heavy atom. The minimum Gasteiger partial charge on any atom is -0.373 e. The fourth-order valence-electron chi connectivity index (χ4n) is 2.21. The maximum Gasteiger partial charge on any atom is 0.251 e. The Bertz CT molecular complexity index is 611. The number of nitrogens with zero attached hydrogens (tertiary/aromatic N) is 1. The summed E-state index contributed by atoms with van der Waals surface area (Å²) >= 11 is 1.80. The summed E-state index contributed by atoms with van der Waals surface area (Å²) in [5.74, 6) is -0.0208. The molecule has 2 aromatic carbocycles. The third kappa shape index (κ3) is 5.64. The first-order valence-corrected chi connectivity index (χ1v) is 8.75. The predicted octanol–water partition coefficient (Wildman–Crippen LogP) is 4.05. The lowest BCUT2D eigenvalue weighted by molar-refractivity contribution is 0.0954. The summed E-state index contributed by atoms with van der Waals surface area (Å²) in [6, 6.07) is 18.0. The molecule has 3 nitrogen and oxygen atoms in total. The highest BCUT2D eigenvalue weighted by Crippen LogP contribution is 2.22. The Kier molecular flexibility index (Phi) is 6.53. The summed E-state index contributed by atoms with van der Waals surface area (Å²) in [7, 11) is 2.03. The van der Waals surface area contributed by atoms with Crippen LogP contribution in [0.4, 0.5) is 5.69 Å². The molecule has 0 aromatic heterocycles. The third-order valence-corrected chi connectivity index (χ3v) is 4.43. The van der Waals surface area contributed by atoms with E-state index in [1.54, 1.807) is 11.8 Å². The van der Waals surface area contributed by atoms with Crippen molar-refractivity contribution >= 4 is 23.4 Å². The molecule has 0 bridgehead atoms. The van der Waals surface area contributed by atoms with Crippen LogP contribution in [-0.4, -0.2) is 31.3 Å². The van der Waals surface area contributed by atoms with E-state index >= 15 is 0 Å². The van der Waals surface area contributed by atoms with Crippen LogP contribution in [0.15, 0.2) is 59.5 Å². The minimum atomic E-state index is -0.0208. The van der Waals surface area contributed by atoms with Gasteiger partial charge in [-0.3, -0.25) is 4.79 Å². The van der Waals surface area contributed by atoms with E-state index in [-0.39, 0.29) is 5.91 Å². The van der Waals surface area contributed by atoms with Crippen LogP contribution in [0.1, 0.15) is 24.2 Å². The second kappa shape index (κ2) is 8.63. The van der Waals surface area contributed by atoms with E-state index in [2.05, 4.69) is 36.2 Å². The van der Waals surface area contributed by atoms with Crippen molar-refractivity contribution in [3.63, 3.8) is 0 Å². The summed E-state index contributed by atoms with van der Waals surface area (Å²) < 4.78 is 0. The van der Waals surface area contributed by atoms with Gasteiger partial charge in [0.1, 0.15) is 0 Å². The zero-order valence-corrected chi connectivity index (χ0v) is 14.8. The molecule has 0 spiro atoms. The molecule has 23 heavy (non-hydrogen) atoms. The number of amides is 1. The highest BCUT2D eigenvalue weighted by molar-refractivity contribution is 7.99. The van der Waals surface area contributed by atoms with Crippen LogP contribution >= 0.6 is 11.8 Å². The molecule has 0 fully saturated rings. The largest absolute Gasteiger partial charge is 0.373 e. The van der Waals surface area contributed by atoms with Crippen molar-refractivity contribution in [1.29, 1.82) is 0 Å². The van der Waals surface area contributed by atoms with E-state index in [0.29, 0.717) is 17.4 Å². The van der Waals surface area contributed by atoms with Gasteiger partial charge in [-0.15, -0.1) is 11.8 Å². The van der Waals surface area contributed by atoms with E-state index in [1.165, 1.54) is 4.90 Å². The highest BCUT2D eigenvalue weighted by atomic mass is 32.2. The van der Waals surface area contributed by atoms with Crippen molar-refractivity contribution in [2.45, 2.75) is 24.0 Å². The number of carbonyl (C=O) groups is 1. The molecule has 0 heterocycles. The van der Waals surface area contributed by atoms with Gasteiger partial charge in [0, 0.05) is 41.5 Å². The van der Waals surface area contributed by atoms with Crippen molar-refractivity contribution in [3.05, 3.63) is 60.2 Å². The SMILES string of the molecule is CC(C)Sc1ccc(C(=O)NCCN(C)c2ccccc2)cc1. The number of anilines is 1. The molecule has 1 N–H and O–H groups in total. The quantitative estimate of drug-likeness (QED) is 0.778. The molecule has 2 aromatic rings. The zero-order valence-electron chi connectivity index (χ0n) is 14.0. The van der Waals surface area contributed by atoms with Crippen LogP contribution in [0.3, 0.4) is 0 Å². The van der Waals surface area contributed by atoms with Crippen LogP contribution < -0.4 is 10.2 Å². The van der Waals surface area contributed by atoms with Gasteiger partial charge < -0.3 is 10.2 Å². The standard InChI is InChI=1S/C19H24N2OS/c1-15(2)23-18-11-9-16(10-12-18)19(22)20-13-14-21(3)17-7-5-4-6-8-17/h4-12,15H,13-14H2,1-3H3,(H,20,22). The van der Waals surface area contributed by atoms with Gasteiger partial charge in [-0.25, -0.2) is 0 Å². The highest BCUT2D eigenvalue weighted by Gasteiger charge is 2.06. The van der Waals surface area contributed by atoms with Crippen molar-refractivity contribution < 1.29 is 4.79 Å². The number of benzene rings is 2. The number of likely N-dealkylation sites (N-methyl/N-ethyl adjacent to an activating group) is 1. The average Bonchev–Trinajstić information content (AvgIpc) is 2.55. The normalized spacial score (nSPS) is 10.6. The van der Waals surface area contributed by atoms with Crippen molar-refractivity contribution in [2.75, 3.05) is 25.0 Å². The first-order valence-electron chi connectivity index (χ1n) is 7.87. The van der Waals surface area contributed by atoms with Crippen LogP contribution in [0, 0.1) is 0 Å². The Morgan fingerprint density at radius 1 is 1.09 bits per heavy atom. The predicted molar refractivity (Wildman–Crippen MR) is 99.5 cm³/mol. The van der Waals surface area contributed by atoms with Gasteiger partial charge in [0.25, 0.3) is 5.91 Å². The Hall–Kier alpha value is -1.94. The lowest BCUT2D eigenvalue weighted by Crippen LogP contribution is -2.32. The Morgan fingerprint density at radius 3 is 2.35 bits per heavy atom. The van der Waals surface area contributed by atoms with Gasteiger partial charge in [0.15, 0.2) is 0 Å². The summed E-state index contributed by atoms with van der Waals surface area (Å²) in [4.78, 5) is 15.5. The average molecular weight is 328 g/mol. The first-order chi connectivity index (χ1) is 11.1. The Labute approximate surface area is 143 Å². The molecule has 0 atom stereocenters. The molecule has 0 unspecified atom stereocenters. The number of nitrogens with one attached hydrogen (secondary N) is 1. The smallest absolute Gasteiger partial charge is 0.251 e. The summed E-state index contributed by atoms with van der Waals surface area (Å²) in [5, 5.41) is 3.52. The van der Waals surface area contributed by atoms with Gasteiger partial charge in [0.2, 0.25) is 0 Å². The summed E-state index contributed by atoms with van der Waals surface area (Å²) in [6.07, 6.45) is 0. The number of hydrogen-bond donors (Lipinski definition) is 1. The minimum absolute atomic E-state index is 0.0208. The number of para-hydroxylation sites is 1. The fraction of sp³-hybridized carbons (Fsp3) is 0.316. The lowest BCUT2D eigenvalue weighted by Gasteiger charge is -2.19. The van der Waals surface area contributed by atoms with Gasteiger partial charge in [-0.1, -0.05) is 32.0 Å². The fourth-order valence-corrected chi connectivity index (χ4v) is 3.05. The summed E-state index contributed by atoms with van der Waals surface area (Å²) in [6.45, 7) is 5.72. The molecular weight excluding hydrogens is 304 g/mol. The maximum atomic E-state index is 12.2. The molecule has 1 amide bonds. The molecule has 122 valence electrons. The van der Waals surface area contributed by atoms with E-state index in [9.17, 15) is 4.79 Å². The van der Waals surface area contributed by atoms with E-state index in [4.69, 9.17) is 0 Å².